The molecule has 7 heteroatoms. The molecule has 0 fully saturated rings. The highest BCUT2D eigenvalue weighted by molar-refractivity contribution is 7.91. The molecule has 2 heterocycles. The third-order valence-electron chi connectivity index (χ3n) is 5.50. The zero-order chi connectivity index (χ0) is 19.4. The van der Waals surface area contributed by atoms with E-state index >= 15 is 0 Å². The maximum atomic E-state index is 12.5. The molecule has 0 saturated heterocycles. The number of benzene rings is 2. The van der Waals surface area contributed by atoms with E-state index in [-0.39, 0.29) is 17.9 Å². The van der Waals surface area contributed by atoms with Gasteiger partial charge in [0.05, 0.1) is 11.4 Å². The average Bonchev–Trinajstić information content (AvgIpc) is 2.94. The second-order valence-corrected chi connectivity index (χ2v) is 9.26. The number of sulfone groups is 1. The number of nitro groups is 1. The van der Waals surface area contributed by atoms with Crippen molar-refractivity contribution in [2.45, 2.75) is 36.7 Å². The minimum atomic E-state index is -3.46. The maximum Gasteiger partial charge on any atom is 0.265 e. The van der Waals surface area contributed by atoms with Crippen molar-refractivity contribution in [3.8, 4) is 0 Å². The first kappa shape index (κ1) is 17.7. The lowest BCUT2D eigenvalue weighted by Gasteiger charge is -2.32. The molecule has 0 radical (unpaired) electrons. The van der Waals surface area contributed by atoms with Crippen LogP contribution in [0, 0.1) is 17.0 Å². The second kappa shape index (κ2) is 5.92. The van der Waals surface area contributed by atoms with Crippen molar-refractivity contribution < 1.29 is 13.3 Å². The number of rotatable bonds is 3. The van der Waals surface area contributed by atoms with E-state index in [1.807, 2.05) is 35.8 Å². The summed E-state index contributed by atoms with van der Waals surface area (Å²) in [7, 11) is -3.46. The van der Waals surface area contributed by atoms with E-state index in [1.165, 1.54) is 6.26 Å². The van der Waals surface area contributed by atoms with Gasteiger partial charge in [0.15, 0.2) is 9.84 Å². The quantitative estimate of drug-likeness (QED) is 0.511. The predicted molar refractivity (Wildman–Crippen MR) is 103 cm³/mol. The van der Waals surface area contributed by atoms with Gasteiger partial charge in [-0.25, -0.2) is 8.42 Å². The van der Waals surface area contributed by atoms with Crippen LogP contribution in [-0.2, 0) is 28.3 Å². The third kappa shape index (κ3) is 2.65. The average molecular weight is 384 g/mol. The smallest absolute Gasteiger partial charge is 0.265 e. The Labute approximate surface area is 157 Å². The Balaban J connectivity index is 2.01. The normalized spacial score (nSPS) is 19.8. The highest BCUT2D eigenvalue weighted by atomic mass is 32.2. The number of hydrogen-bond donors (Lipinski definition) is 0. The lowest BCUT2D eigenvalue weighted by molar-refractivity contribution is -0.585. The van der Waals surface area contributed by atoms with Crippen LogP contribution in [0.3, 0.4) is 0 Å². The summed E-state index contributed by atoms with van der Waals surface area (Å²) in [4.78, 5) is 12.2. The van der Waals surface area contributed by atoms with Gasteiger partial charge < -0.3 is 4.57 Å². The molecule has 0 saturated carbocycles. The van der Waals surface area contributed by atoms with Crippen LogP contribution in [0.5, 0.6) is 0 Å². The Bertz CT molecular complexity index is 1170. The van der Waals surface area contributed by atoms with Crippen molar-refractivity contribution >= 4 is 20.7 Å². The van der Waals surface area contributed by atoms with Crippen molar-refractivity contribution in [1.82, 2.24) is 4.57 Å². The van der Waals surface area contributed by atoms with E-state index < -0.39 is 15.4 Å². The Morgan fingerprint density at radius 1 is 1.15 bits per heavy atom. The highest BCUT2D eigenvalue weighted by Gasteiger charge is 2.49. The van der Waals surface area contributed by atoms with Crippen LogP contribution in [0.15, 0.2) is 53.4 Å². The molecule has 3 aromatic rings. The van der Waals surface area contributed by atoms with Crippen LogP contribution in [-0.4, -0.2) is 24.2 Å². The maximum absolute atomic E-state index is 12.5. The summed E-state index contributed by atoms with van der Waals surface area (Å²) in [5.74, 6) is 0. The molecule has 1 unspecified atom stereocenters. The highest BCUT2D eigenvalue weighted by Crippen LogP contribution is 2.42. The molecule has 6 nitrogen and oxygen atoms in total. The monoisotopic (exact) mass is 384 g/mol. The van der Waals surface area contributed by atoms with Gasteiger partial charge in [0.25, 0.3) is 5.54 Å². The summed E-state index contributed by atoms with van der Waals surface area (Å²) in [5.41, 5.74) is 1.75. The summed E-state index contributed by atoms with van der Waals surface area (Å²) >= 11 is 0. The molecule has 1 atom stereocenters. The molecular weight excluding hydrogens is 364 g/mol. The van der Waals surface area contributed by atoms with E-state index in [0.717, 1.165) is 11.1 Å². The van der Waals surface area contributed by atoms with E-state index in [1.54, 1.807) is 24.3 Å². The molecule has 1 aliphatic rings. The van der Waals surface area contributed by atoms with E-state index in [9.17, 15) is 18.5 Å². The van der Waals surface area contributed by atoms with Crippen LogP contribution < -0.4 is 0 Å². The number of aromatic nitrogens is 1. The van der Waals surface area contributed by atoms with Gasteiger partial charge >= 0.3 is 0 Å². The molecule has 0 spiro atoms. The first-order valence-corrected chi connectivity index (χ1v) is 10.6. The zero-order valence-corrected chi connectivity index (χ0v) is 16.0. The van der Waals surface area contributed by atoms with Crippen molar-refractivity contribution in [3.05, 3.63) is 75.5 Å². The summed E-state index contributed by atoms with van der Waals surface area (Å²) in [6.07, 6.45) is 1.81. The molecule has 140 valence electrons. The van der Waals surface area contributed by atoms with Crippen LogP contribution in [0.25, 0.3) is 10.9 Å². The standard InChI is InChI=1S/C20H20N2O4S/c1-14-8-9-17-16(12-14)19(27(2,25)26)18-10-11-20(22(23)24,13-21(17)18)15-6-4-3-5-7-15/h3-9,12H,10-11,13H2,1-2H3. The minimum Gasteiger partial charge on any atom is -0.336 e. The molecular formula is C20H20N2O4S. The summed E-state index contributed by atoms with van der Waals surface area (Å²) in [6, 6.07) is 14.6. The fourth-order valence-corrected chi connectivity index (χ4v) is 5.44. The largest absolute Gasteiger partial charge is 0.336 e. The fraction of sp³-hybridized carbons (Fsp3) is 0.300. The lowest BCUT2D eigenvalue weighted by Crippen LogP contribution is -2.43. The van der Waals surface area contributed by atoms with Crippen LogP contribution in [0.4, 0.5) is 0 Å². The van der Waals surface area contributed by atoms with Gasteiger partial charge in [-0.2, -0.15) is 0 Å². The molecule has 0 amide bonds. The number of aryl methyl sites for hydroxylation is 1. The van der Waals surface area contributed by atoms with E-state index in [4.69, 9.17) is 0 Å². The van der Waals surface area contributed by atoms with E-state index in [2.05, 4.69) is 0 Å². The molecule has 0 bridgehead atoms. The second-order valence-electron chi connectivity index (χ2n) is 7.31. The van der Waals surface area contributed by atoms with Gasteiger partial charge in [-0.3, -0.25) is 10.1 Å². The van der Waals surface area contributed by atoms with Crippen LogP contribution in [0.2, 0.25) is 0 Å². The predicted octanol–water partition coefficient (Wildman–Crippen LogP) is 3.47. The van der Waals surface area contributed by atoms with Gasteiger partial charge in [0.2, 0.25) is 0 Å². The first-order chi connectivity index (χ1) is 12.7. The van der Waals surface area contributed by atoms with Gasteiger partial charge in [0.1, 0.15) is 0 Å². The number of fused-ring (bicyclic) bond motifs is 3. The van der Waals surface area contributed by atoms with Crippen LogP contribution in [0.1, 0.15) is 23.2 Å². The molecule has 1 aromatic heterocycles. The molecule has 27 heavy (non-hydrogen) atoms. The molecule has 2 aromatic carbocycles. The van der Waals surface area contributed by atoms with Gasteiger partial charge in [-0.05, 0) is 25.5 Å². The van der Waals surface area contributed by atoms with Crippen molar-refractivity contribution in [1.29, 1.82) is 0 Å². The van der Waals surface area contributed by atoms with Crippen molar-refractivity contribution in [2.24, 2.45) is 0 Å². The van der Waals surface area contributed by atoms with Crippen molar-refractivity contribution in [2.75, 3.05) is 6.26 Å². The Morgan fingerprint density at radius 2 is 1.85 bits per heavy atom. The lowest BCUT2D eigenvalue weighted by atomic mass is 9.83. The SMILES string of the molecule is Cc1ccc2c(c1)c(S(C)(=O)=O)c1n2CC(c2ccccc2)([N+](=O)[O-])CC1. The Morgan fingerprint density at radius 3 is 2.48 bits per heavy atom. The molecule has 1 aliphatic heterocycles. The topological polar surface area (TPSA) is 82.2 Å². The summed E-state index contributed by atoms with van der Waals surface area (Å²) in [5, 5.41) is 12.8. The fourth-order valence-electron chi connectivity index (χ4n) is 4.24. The summed E-state index contributed by atoms with van der Waals surface area (Å²) in [6.45, 7) is 2.03. The van der Waals surface area contributed by atoms with Gasteiger partial charge in [-0.15, -0.1) is 0 Å². The zero-order valence-electron chi connectivity index (χ0n) is 15.2. The Hall–Kier alpha value is -2.67. The number of hydrogen-bond acceptors (Lipinski definition) is 4. The first-order valence-electron chi connectivity index (χ1n) is 8.76. The third-order valence-corrected chi connectivity index (χ3v) is 6.70. The number of nitrogens with zero attached hydrogens (tertiary/aromatic N) is 2. The molecule has 4 rings (SSSR count). The van der Waals surface area contributed by atoms with Crippen molar-refractivity contribution in [3.63, 3.8) is 0 Å². The minimum absolute atomic E-state index is 0.119. The van der Waals surface area contributed by atoms with Gasteiger partial charge in [0, 0.05) is 39.8 Å². The van der Waals surface area contributed by atoms with Crippen LogP contribution >= 0.6 is 0 Å². The Kier molecular flexibility index (Phi) is 3.89. The molecule has 0 N–H and O–H groups in total. The van der Waals surface area contributed by atoms with Gasteiger partial charge in [-0.1, -0.05) is 42.0 Å². The molecule has 0 aliphatic carbocycles. The van der Waals surface area contributed by atoms with E-state index in [0.29, 0.717) is 28.0 Å². The summed E-state index contributed by atoms with van der Waals surface area (Å²) < 4.78 is 26.9.